The molecule has 1 unspecified atom stereocenters. The molecular formula is C10H14N2S. The van der Waals surface area contributed by atoms with Crippen LogP contribution in [-0.4, -0.2) is 16.8 Å². The molecule has 2 rings (SSSR count). The van der Waals surface area contributed by atoms with E-state index in [1.807, 2.05) is 18.0 Å². The summed E-state index contributed by atoms with van der Waals surface area (Å²) in [6.45, 7) is 5.42. The third kappa shape index (κ3) is 1.66. The highest BCUT2D eigenvalue weighted by atomic mass is 32.2. The lowest BCUT2D eigenvalue weighted by atomic mass is 10.2. The number of nitrogens with zero attached hydrogens (tertiary/aromatic N) is 1. The highest BCUT2D eigenvalue weighted by Gasteiger charge is 2.19. The van der Waals surface area contributed by atoms with Crippen LogP contribution in [0.2, 0.25) is 0 Å². The fourth-order valence-corrected chi connectivity index (χ4v) is 2.60. The molecule has 0 fully saturated rings. The summed E-state index contributed by atoms with van der Waals surface area (Å²) in [5, 5.41) is 5.30. The molecule has 1 aromatic rings. The number of hydrogen-bond donors (Lipinski definition) is 1. The first kappa shape index (κ1) is 8.88. The zero-order valence-electron chi connectivity index (χ0n) is 8.00. The minimum atomic E-state index is 0.682. The summed E-state index contributed by atoms with van der Waals surface area (Å²) < 4.78 is 0. The van der Waals surface area contributed by atoms with Gasteiger partial charge in [0.05, 0.1) is 5.69 Å². The molecule has 0 aliphatic carbocycles. The van der Waals surface area contributed by atoms with Crippen LogP contribution in [-0.2, 0) is 0 Å². The molecule has 13 heavy (non-hydrogen) atoms. The summed E-state index contributed by atoms with van der Waals surface area (Å²) in [5.74, 6) is 0. The number of pyridine rings is 1. The fraction of sp³-hybridized carbons (Fsp3) is 0.500. The van der Waals surface area contributed by atoms with Crippen molar-refractivity contribution in [1.82, 2.24) is 4.98 Å². The van der Waals surface area contributed by atoms with Crippen LogP contribution in [0.3, 0.4) is 0 Å². The molecular weight excluding hydrogens is 180 g/mol. The van der Waals surface area contributed by atoms with Gasteiger partial charge in [0.15, 0.2) is 0 Å². The maximum absolute atomic E-state index is 4.38. The van der Waals surface area contributed by atoms with Gasteiger partial charge in [0.2, 0.25) is 0 Å². The minimum absolute atomic E-state index is 0.682. The Hall–Kier alpha value is -0.700. The van der Waals surface area contributed by atoms with E-state index in [0.717, 1.165) is 11.6 Å². The highest BCUT2D eigenvalue weighted by molar-refractivity contribution is 8.00. The van der Waals surface area contributed by atoms with Gasteiger partial charge in [-0.3, -0.25) is 0 Å². The van der Waals surface area contributed by atoms with E-state index in [1.165, 1.54) is 17.7 Å². The number of aryl methyl sites for hydroxylation is 1. The number of fused-ring (bicyclic) bond motifs is 1. The molecule has 2 heterocycles. The van der Waals surface area contributed by atoms with Crippen LogP contribution in [0.4, 0.5) is 5.69 Å². The molecule has 3 heteroatoms. The Morgan fingerprint density at radius 1 is 1.69 bits per heavy atom. The van der Waals surface area contributed by atoms with Crippen molar-refractivity contribution in [2.75, 3.05) is 11.9 Å². The van der Waals surface area contributed by atoms with Gasteiger partial charge in [-0.2, -0.15) is 0 Å². The minimum Gasteiger partial charge on any atom is -0.382 e. The lowest BCUT2D eigenvalue weighted by Gasteiger charge is -2.24. The third-order valence-corrected chi connectivity index (χ3v) is 3.73. The monoisotopic (exact) mass is 194 g/mol. The van der Waals surface area contributed by atoms with Crippen molar-refractivity contribution < 1.29 is 0 Å². The van der Waals surface area contributed by atoms with Gasteiger partial charge in [-0.25, -0.2) is 4.98 Å². The fourth-order valence-electron chi connectivity index (χ4n) is 1.48. The van der Waals surface area contributed by atoms with Gasteiger partial charge in [-0.05, 0) is 25.0 Å². The van der Waals surface area contributed by atoms with E-state index in [4.69, 9.17) is 0 Å². The molecule has 1 atom stereocenters. The molecule has 1 N–H and O–H groups in total. The molecule has 1 aliphatic rings. The normalized spacial score (nSPS) is 20.6. The van der Waals surface area contributed by atoms with Crippen molar-refractivity contribution in [3.63, 3.8) is 0 Å². The summed E-state index contributed by atoms with van der Waals surface area (Å²) in [5.41, 5.74) is 2.53. The molecule has 0 aromatic carbocycles. The molecule has 0 saturated heterocycles. The number of nitrogens with one attached hydrogen (secondary N) is 1. The summed E-state index contributed by atoms with van der Waals surface area (Å²) in [4.78, 5) is 4.38. The van der Waals surface area contributed by atoms with E-state index in [9.17, 15) is 0 Å². The standard InChI is InChI=1S/C10H14N2S/c1-3-8-6-12-9-7(2)4-5-11-10(9)13-8/h4-5,8,12H,3,6H2,1-2H3. The molecule has 0 saturated carbocycles. The quantitative estimate of drug-likeness (QED) is 0.744. The topological polar surface area (TPSA) is 24.9 Å². The zero-order chi connectivity index (χ0) is 9.26. The predicted octanol–water partition coefficient (Wildman–Crippen LogP) is 2.69. The van der Waals surface area contributed by atoms with Gasteiger partial charge < -0.3 is 5.32 Å². The molecule has 1 aromatic heterocycles. The van der Waals surface area contributed by atoms with Crippen LogP contribution in [0.25, 0.3) is 0 Å². The maximum Gasteiger partial charge on any atom is 0.120 e. The first-order chi connectivity index (χ1) is 6.31. The van der Waals surface area contributed by atoms with Gasteiger partial charge in [-0.1, -0.05) is 18.7 Å². The van der Waals surface area contributed by atoms with Crippen molar-refractivity contribution in [2.24, 2.45) is 0 Å². The summed E-state index contributed by atoms with van der Waals surface area (Å²) in [6, 6.07) is 2.05. The van der Waals surface area contributed by atoms with Gasteiger partial charge in [-0.15, -0.1) is 0 Å². The predicted molar refractivity (Wildman–Crippen MR) is 57.4 cm³/mol. The highest BCUT2D eigenvalue weighted by Crippen LogP contribution is 2.35. The lowest BCUT2D eigenvalue weighted by Crippen LogP contribution is -2.21. The Labute approximate surface area is 83.1 Å². The maximum atomic E-state index is 4.38. The number of hydrogen-bond acceptors (Lipinski definition) is 3. The first-order valence-corrected chi connectivity index (χ1v) is 5.55. The lowest BCUT2D eigenvalue weighted by molar-refractivity contribution is 0.831. The van der Waals surface area contributed by atoms with E-state index in [2.05, 4.69) is 30.2 Å². The van der Waals surface area contributed by atoms with Crippen molar-refractivity contribution in [3.05, 3.63) is 17.8 Å². The van der Waals surface area contributed by atoms with E-state index >= 15 is 0 Å². The van der Waals surface area contributed by atoms with Gasteiger partial charge in [0.1, 0.15) is 5.03 Å². The van der Waals surface area contributed by atoms with Crippen LogP contribution in [0.15, 0.2) is 17.3 Å². The van der Waals surface area contributed by atoms with Crippen LogP contribution in [0, 0.1) is 6.92 Å². The smallest absolute Gasteiger partial charge is 0.120 e. The van der Waals surface area contributed by atoms with E-state index in [-0.39, 0.29) is 0 Å². The van der Waals surface area contributed by atoms with Gasteiger partial charge in [0.25, 0.3) is 0 Å². The van der Waals surface area contributed by atoms with E-state index < -0.39 is 0 Å². The molecule has 0 amide bonds. The molecule has 1 aliphatic heterocycles. The van der Waals surface area contributed by atoms with Crippen LogP contribution in [0.1, 0.15) is 18.9 Å². The zero-order valence-corrected chi connectivity index (χ0v) is 8.82. The molecule has 0 spiro atoms. The molecule has 0 bridgehead atoms. The molecule has 0 radical (unpaired) electrons. The Balaban J connectivity index is 2.31. The SMILES string of the molecule is CCC1CNc2c(C)ccnc2S1. The number of thioether (sulfide) groups is 1. The number of rotatable bonds is 1. The van der Waals surface area contributed by atoms with Crippen LogP contribution < -0.4 is 5.32 Å². The largest absolute Gasteiger partial charge is 0.382 e. The number of anilines is 1. The average molecular weight is 194 g/mol. The van der Waals surface area contributed by atoms with Crippen LogP contribution in [0.5, 0.6) is 0 Å². The Morgan fingerprint density at radius 2 is 2.54 bits per heavy atom. The molecule has 70 valence electrons. The first-order valence-electron chi connectivity index (χ1n) is 4.67. The summed E-state index contributed by atoms with van der Waals surface area (Å²) in [6.07, 6.45) is 3.09. The van der Waals surface area contributed by atoms with Gasteiger partial charge in [0, 0.05) is 18.0 Å². The summed E-state index contributed by atoms with van der Waals surface area (Å²) in [7, 11) is 0. The second-order valence-corrected chi connectivity index (χ2v) is 4.63. The van der Waals surface area contributed by atoms with Crippen molar-refractivity contribution in [1.29, 1.82) is 0 Å². The Bertz CT molecular complexity index is 312. The van der Waals surface area contributed by atoms with Gasteiger partial charge >= 0.3 is 0 Å². The van der Waals surface area contributed by atoms with Crippen molar-refractivity contribution in [3.8, 4) is 0 Å². The number of aromatic nitrogens is 1. The van der Waals surface area contributed by atoms with Crippen molar-refractivity contribution >= 4 is 17.4 Å². The Morgan fingerprint density at radius 3 is 3.31 bits per heavy atom. The van der Waals surface area contributed by atoms with Crippen LogP contribution >= 0.6 is 11.8 Å². The van der Waals surface area contributed by atoms with Crippen molar-refractivity contribution in [2.45, 2.75) is 30.5 Å². The van der Waals surface area contributed by atoms with E-state index in [0.29, 0.717) is 5.25 Å². The Kier molecular flexibility index (Phi) is 2.44. The van der Waals surface area contributed by atoms with E-state index in [1.54, 1.807) is 0 Å². The second kappa shape index (κ2) is 3.58. The summed E-state index contributed by atoms with van der Waals surface area (Å²) >= 11 is 1.90. The second-order valence-electron chi connectivity index (χ2n) is 3.34. The molecule has 2 nitrogen and oxygen atoms in total. The average Bonchev–Trinajstić information content (AvgIpc) is 2.18. The third-order valence-electron chi connectivity index (χ3n) is 2.36.